The quantitative estimate of drug-likeness (QED) is 0.112. The van der Waals surface area contributed by atoms with E-state index in [0.717, 1.165) is 51.6 Å². The van der Waals surface area contributed by atoms with Gasteiger partial charge in [0, 0.05) is 43.3 Å². The number of hydrogen-bond acceptors (Lipinski definition) is 8. The van der Waals surface area contributed by atoms with Crippen LogP contribution in [-0.2, 0) is 25.7 Å². The van der Waals surface area contributed by atoms with Crippen LogP contribution in [0.4, 0.5) is 5.69 Å². The molecular weight excluding hydrogens is 583 g/mol. The topological polar surface area (TPSA) is 110 Å². The molecule has 1 aliphatic rings. The zero-order chi connectivity index (χ0) is 30.0. The van der Waals surface area contributed by atoms with Crippen LogP contribution < -0.4 is 10.6 Å². The summed E-state index contributed by atoms with van der Waals surface area (Å²) >= 11 is 3.38. The lowest BCUT2D eigenvalue weighted by atomic mass is 10.0. The molecule has 226 valence electrons. The van der Waals surface area contributed by atoms with Crippen molar-refractivity contribution in [1.29, 1.82) is 0 Å². The maximum Gasteiger partial charge on any atom is 0.224 e. The molecule has 8 nitrogen and oxygen atoms in total. The summed E-state index contributed by atoms with van der Waals surface area (Å²) in [6.45, 7) is 2.13. The third-order valence-electron chi connectivity index (χ3n) is 7.18. The van der Waals surface area contributed by atoms with Crippen molar-refractivity contribution in [2.24, 2.45) is 0 Å². The van der Waals surface area contributed by atoms with E-state index >= 15 is 0 Å². The van der Waals surface area contributed by atoms with Gasteiger partial charge in [-0.05, 0) is 48.2 Å². The minimum absolute atomic E-state index is 0.00540. The van der Waals surface area contributed by atoms with Gasteiger partial charge in [0.2, 0.25) is 11.8 Å². The summed E-state index contributed by atoms with van der Waals surface area (Å²) in [6, 6.07) is 23.6. The number of unbranched alkanes of at least 4 members (excludes halogenated alkanes) is 2. The second-order valence-electron chi connectivity index (χ2n) is 10.6. The molecule has 0 aliphatic carbocycles. The fourth-order valence-corrected chi connectivity index (χ4v) is 7.05. The molecule has 0 radical (unpaired) electrons. The normalized spacial score (nSPS) is 18.4. The Morgan fingerprint density at radius 3 is 2.63 bits per heavy atom. The number of nitrogens with one attached hydrogen (secondary N) is 2. The molecule has 43 heavy (non-hydrogen) atoms. The number of thioether (sulfide) groups is 1. The number of aromatic nitrogens is 1. The Morgan fingerprint density at radius 1 is 1.00 bits per heavy atom. The number of nitrogens with zero attached hydrogens (tertiary/aromatic N) is 1. The number of fused-ring (bicyclic) bond motifs is 1. The summed E-state index contributed by atoms with van der Waals surface area (Å²) in [7, 11) is 0. The first-order chi connectivity index (χ1) is 21.0. The van der Waals surface area contributed by atoms with Gasteiger partial charge in [0.15, 0.2) is 10.6 Å². The molecule has 4 aromatic rings. The zero-order valence-corrected chi connectivity index (χ0v) is 25.8. The fourth-order valence-electron chi connectivity index (χ4n) is 4.94. The number of aliphatic hydroxyl groups excluding tert-OH is 1. The Morgan fingerprint density at radius 2 is 1.84 bits per heavy atom. The highest BCUT2D eigenvalue weighted by Crippen LogP contribution is 2.40. The molecule has 3 atom stereocenters. The molecule has 3 unspecified atom stereocenters. The Hall–Kier alpha value is -3.28. The van der Waals surface area contributed by atoms with Gasteiger partial charge in [-0.1, -0.05) is 66.7 Å². The first kappa shape index (κ1) is 31.2. The predicted molar refractivity (Wildman–Crippen MR) is 171 cm³/mol. The van der Waals surface area contributed by atoms with Gasteiger partial charge in [-0.3, -0.25) is 9.59 Å². The van der Waals surface area contributed by atoms with Crippen molar-refractivity contribution in [2.45, 2.75) is 68.5 Å². The van der Waals surface area contributed by atoms with Gasteiger partial charge < -0.3 is 25.2 Å². The molecule has 1 saturated heterocycles. The van der Waals surface area contributed by atoms with E-state index in [2.05, 4.69) is 16.7 Å². The second kappa shape index (κ2) is 15.4. The van der Waals surface area contributed by atoms with Crippen molar-refractivity contribution in [3.05, 3.63) is 89.5 Å². The van der Waals surface area contributed by atoms with Crippen LogP contribution >= 0.6 is 23.1 Å². The van der Waals surface area contributed by atoms with Crippen LogP contribution in [0, 0.1) is 0 Å². The molecule has 1 aromatic heterocycles. The van der Waals surface area contributed by atoms with Gasteiger partial charge >= 0.3 is 0 Å². The number of benzene rings is 3. The molecule has 10 heteroatoms. The lowest BCUT2D eigenvalue weighted by Crippen LogP contribution is -2.31. The van der Waals surface area contributed by atoms with Gasteiger partial charge in [-0.2, -0.15) is 0 Å². The molecule has 0 spiro atoms. The number of thiazole rings is 1. The maximum absolute atomic E-state index is 12.6. The highest BCUT2D eigenvalue weighted by molar-refractivity contribution is 8.01. The minimum atomic E-state index is -0.608. The Labute approximate surface area is 260 Å². The predicted octanol–water partition coefficient (Wildman–Crippen LogP) is 6.76. The van der Waals surface area contributed by atoms with Crippen LogP contribution in [0.25, 0.3) is 10.2 Å². The Kier molecular flexibility index (Phi) is 11.2. The first-order valence-corrected chi connectivity index (χ1v) is 16.4. The second-order valence-corrected chi connectivity index (χ2v) is 12.9. The summed E-state index contributed by atoms with van der Waals surface area (Å²) in [5, 5.41) is 15.3. The third-order valence-corrected chi connectivity index (χ3v) is 9.49. The van der Waals surface area contributed by atoms with Crippen molar-refractivity contribution < 1.29 is 24.2 Å². The standard InChI is InChI=1S/C33H37N3O5S2/c1-22(38)34-17-6-2-3-12-31(39)35-26-9-7-8-25(18-26)32-40-27(19-29(41-32)24-15-13-23(20-37)14-16-24)21-42-33-36-28-10-4-5-11-30(28)43-33/h4-5,7-11,13-16,18,27,29,32,37H,2-3,6,12,17,19-21H2,1H3,(H,34,38)(H,35,39). The van der Waals surface area contributed by atoms with Gasteiger partial charge in [0.05, 0.1) is 29.0 Å². The van der Waals surface area contributed by atoms with E-state index in [1.807, 2.05) is 66.7 Å². The number of ether oxygens (including phenoxy) is 2. The number of aliphatic hydroxyl groups is 1. The van der Waals surface area contributed by atoms with Gasteiger partial charge in [-0.25, -0.2) is 4.98 Å². The highest BCUT2D eigenvalue weighted by atomic mass is 32.2. The summed E-state index contributed by atoms with van der Waals surface area (Å²) in [4.78, 5) is 28.3. The van der Waals surface area contributed by atoms with Crippen LogP contribution in [0.3, 0.4) is 0 Å². The summed E-state index contributed by atoms with van der Waals surface area (Å²) < 4.78 is 15.2. The average molecular weight is 620 g/mol. The Bertz CT molecular complexity index is 1480. The SMILES string of the molecule is CC(=O)NCCCCCC(=O)Nc1cccc(C2OC(CSc3nc4ccccc4s3)CC(c3ccc(CO)cc3)O2)c1. The smallest absolute Gasteiger partial charge is 0.224 e. The molecule has 1 fully saturated rings. The van der Waals surface area contributed by atoms with E-state index in [1.54, 1.807) is 23.1 Å². The fraction of sp³-hybridized carbons (Fsp3) is 0.364. The lowest BCUT2D eigenvalue weighted by Gasteiger charge is -2.36. The first-order valence-electron chi connectivity index (χ1n) is 14.6. The number of rotatable bonds is 13. The zero-order valence-electron chi connectivity index (χ0n) is 24.2. The monoisotopic (exact) mass is 619 g/mol. The van der Waals surface area contributed by atoms with Gasteiger partial charge in [0.25, 0.3) is 0 Å². The minimum Gasteiger partial charge on any atom is -0.392 e. The molecule has 2 amide bonds. The number of anilines is 1. The summed E-state index contributed by atoms with van der Waals surface area (Å²) in [5.41, 5.74) is 4.42. The van der Waals surface area contributed by atoms with E-state index in [-0.39, 0.29) is 30.6 Å². The van der Waals surface area contributed by atoms with Crippen LogP contribution in [0.1, 0.15) is 68.1 Å². The van der Waals surface area contributed by atoms with E-state index in [4.69, 9.17) is 14.5 Å². The number of hydrogen-bond donors (Lipinski definition) is 3. The molecule has 0 bridgehead atoms. The van der Waals surface area contributed by atoms with Crippen LogP contribution in [0.5, 0.6) is 0 Å². The van der Waals surface area contributed by atoms with Gasteiger partial charge in [-0.15, -0.1) is 11.3 Å². The lowest BCUT2D eigenvalue weighted by molar-refractivity contribution is -0.245. The molecule has 5 rings (SSSR count). The van der Waals surface area contributed by atoms with Crippen molar-refractivity contribution >= 4 is 50.8 Å². The number of amides is 2. The molecule has 0 saturated carbocycles. The largest absolute Gasteiger partial charge is 0.392 e. The molecular formula is C33H37N3O5S2. The highest BCUT2D eigenvalue weighted by Gasteiger charge is 2.32. The molecule has 2 heterocycles. The van der Waals surface area contributed by atoms with Crippen LogP contribution in [0.2, 0.25) is 0 Å². The number of carbonyl (C=O) groups excluding carboxylic acids is 2. The van der Waals surface area contributed by atoms with E-state index in [1.165, 1.54) is 11.6 Å². The van der Waals surface area contributed by atoms with E-state index in [9.17, 15) is 14.7 Å². The summed E-state index contributed by atoms with van der Waals surface area (Å²) in [6.07, 6.45) is 2.68. The Balaban J connectivity index is 1.24. The van der Waals surface area contributed by atoms with Crippen LogP contribution in [0.15, 0.2) is 77.1 Å². The number of para-hydroxylation sites is 1. The molecule has 3 N–H and O–H groups in total. The van der Waals surface area contributed by atoms with Crippen molar-refractivity contribution in [2.75, 3.05) is 17.6 Å². The summed E-state index contributed by atoms with van der Waals surface area (Å²) in [5.74, 6) is 0.644. The van der Waals surface area contributed by atoms with E-state index in [0.29, 0.717) is 25.1 Å². The van der Waals surface area contributed by atoms with E-state index < -0.39 is 6.29 Å². The number of carbonyl (C=O) groups is 2. The maximum atomic E-state index is 12.6. The van der Waals surface area contributed by atoms with Crippen molar-refractivity contribution in [1.82, 2.24) is 10.3 Å². The van der Waals surface area contributed by atoms with Crippen molar-refractivity contribution in [3.63, 3.8) is 0 Å². The third kappa shape index (κ3) is 9.11. The van der Waals surface area contributed by atoms with Gasteiger partial charge in [0.1, 0.15) is 0 Å². The van der Waals surface area contributed by atoms with Crippen molar-refractivity contribution in [3.8, 4) is 0 Å². The van der Waals surface area contributed by atoms with Crippen LogP contribution in [-0.4, -0.2) is 40.3 Å². The average Bonchev–Trinajstić information content (AvgIpc) is 3.45. The molecule has 3 aromatic carbocycles. The molecule has 1 aliphatic heterocycles.